The monoisotopic (exact) mass is 457 g/mol. The zero-order valence-electron chi connectivity index (χ0n) is 16.1. The summed E-state index contributed by atoms with van der Waals surface area (Å²) in [6, 6.07) is 10.4. The molecule has 1 N–H and O–H groups in total. The van der Waals surface area contributed by atoms with E-state index in [2.05, 4.69) is 5.32 Å². The highest BCUT2D eigenvalue weighted by atomic mass is 32.2. The van der Waals surface area contributed by atoms with Crippen LogP contribution in [0.25, 0.3) is 0 Å². The van der Waals surface area contributed by atoms with E-state index in [0.717, 1.165) is 15.6 Å². The molecule has 0 aliphatic carbocycles. The smallest absolute Gasteiger partial charge is 0.252 e. The molecular weight excluding hydrogens is 434 g/mol. The number of nitrogens with zero attached hydrogens (tertiary/aromatic N) is 2. The van der Waals surface area contributed by atoms with Gasteiger partial charge in [0.2, 0.25) is 15.9 Å². The summed E-state index contributed by atoms with van der Waals surface area (Å²) < 4.78 is 52.6. The molecule has 1 aromatic heterocycles. The summed E-state index contributed by atoms with van der Waals surface area (Å²) in [4.78, 5) is 13.5. The van der Waals surface area contributed by atoms with Crippen LogP contribution < -0.4 is 5.32 Å². The highest BCUT2D eigenvalue weighted by Gasteiger charge is 2.39. The van der Waals surface area contributed by atoms with Gasteiger partial charge < -0.3 is 5.32 Å². The van der Waals surface area contributed by atoms with Crippen LogP contribution in [0, 0.1) is 0 Å². The summed E-state index contributed by atoms with van der Waals surface area (Å²) in [5.41, 5.74) is 0. The summed E-state index contributed by atoms with van der Waals surface area (Å²) >= 11 is 1.08. The summed E-state index contributed by atoms with van der Waals surface area (Å²) in [6.45, 7) is 0.432. The van der Waals surface area contributed by atoms with Crippen molar-refractivity contribution in [3.05, 3.63) is 47.3 Å². The van der Waals surface area contributed by atoms with Gasteiger partial charge >= 0.3 is 0 Å². The molecule has 1 saturated heterocycles. The SMILES string of the molecule is CN(C)S(=O)(=O)c1ccc(CNC(=O)C2CCCN2S(=O)(=O)c2ccccc2)s1. The molecule has 1 aliphatic rings. The molecule has 1 atom stereocenters. The summed E-state index contributed by atoms with van der Waals surface area (Å²) in [6.07, 6.45) is 1.05. The first-order valence-corrected chi connectivity index (χ1v) is 12.7. The maximum absolute atomic E-state index is 12.9. The molecule has 2 aromatic rings. The van der Waals surface area contributed by atoms with E-state index < -0.39 is 26.1 Å². The van der Waals surface area contributed by atoms with Gasteiger partial charge in [-0.3, -0.25) is 4.79 Å². The number of amides is 1. The van der Waals surface area contributed by atoms with Gasteiger partial charge in [0.05, 0.1) is 11.4 Å². The Balaban J connectivity index is 1.69. The molecule has 1 aliphatic heterocycles. The topological polar surface area (TPSA) is 104 Å². The Morgan fingerprint density at radius 3 is 2.48 bits per heavy atom. The van der Waals surface area contributed by atoms with Crippen molar-refractivity contribution in [2.24, 2.45) is 0 Å². The Bertz CT molecular complexity index is 1080. The van der Waals surface area contributed by atoms with Crippen LogP contribution >= 0.6 is 11.3 Å². The van der Waals surface area contributed by atoms with Crippen molar-refractivity contribution in [1.29, 1.82) is 0 Å². The predicted molar refractivity (Wildman–Crippen MR) is 110 cm³/mol. The fourth-order valence-electron chi connectivity index (χ4n) is 3.08. The standard InChI is InChI=1S/C18H23N3O5S3/c1-20(2)29(25,26)17-11-10-14(27-17)13-19-18(22)16-9-6-12-21(16)28(23,24)15-7-4-3-5-8-15/h3-5,7-8,10-11,16H,6,9,12-13H2,1-2H3,(H,19,22). The van der Waals surface area contributed by atoms with E-state index in [1.54, 1.807) is 24.3 Å². The molecule has 1 aromatic carbocycles. The van der Waals surface area contributed by atoms with Crippen LogP contribution in [-0.4, -0.2) is 58.0 Å². The quantitative estimate of drug-likeness (QED) is 0.678. The molecular formula is C18H23N3O5S3. The van der Waals surface area contributed by atoms with E-state index in [1.807, 2.05) is 0 Å². The second-order valence-corrected chi connectivity index (χ2v) is 12.3. The van der Waals surface area contributed by atoms with Gasteiger partial charge in [-0.15, -0.1) is 11.3 Å². The van der Waals surface area contributed by atoms with Crippen molar-refractivity contribution < 1.29 is 21.6 Å². The van der Waals surface area contributed by atoms with Gasteiger partial charge in [-0.25, -0.2) is 21.1 Å². The van der Waals surface area contributed by atoms with Gasteiger partial charge in [0.1, 0.15) is 10.3 Å². The summed E-state index contributed by atoms with van der Waals surface area (Å²) in [5.74, 6) is -0.382. The first-order valence-electron chi connectivity index (χ1n) is 9.00. The third-order valence-electron chi connectivity index (χ3n) is 4.66. The molecule has 0 radical (unpaired) electrons. The Kier molecular flexibility index (Phi) is 6.44. The number of carbonyl (C=O) groups excluding carboxylic acids is 1. The Morgan fingerprint density at radius 2 is 1.83 bits per heavy atom. The average molecular weight is 458 g/mol. The van der Waals surface area contributed by atoms with Crippen LogP contribution in [0.1, 0.15) is 17.7 Å². The minimum absolute atomic E-state index is 0.141. The number of benzene rings is 1. The first kappa shape index (κ1) is 21.9. The van der Waals surface area contributed by atoms with Crippen LogP contribution in [0.15, 0.2) is 51.6 Å². The highest BCUT2D eigenvalue weighted by molar-refractivity contribution is 7.91. The van der Waals surface area contributed by atoms with Crippen molar-refractivity contribution in [1.82, 2.24) is 13.9 Å². The molecule has 1 fully saturated rings. The Hall–Kier alpha value is -1.79. The lowest BCUT2D eigenvalue weighted by Crippen LogP contribution is -2.45. The van der Waals surface area contributed by atoms with E-state index in [4.69, 9.17) is 0 Å². The van der Waals surface area contributed by atoms with E-state index in [-0.39, 0.29) is 21.6 Å². The maximum Gasteiger partial charge on any atom is 0.252 e. The fourth-order valence-corrected chi connectivity index (χ4v) is 7.22. The Labute approximate surface area is 175 Å². The second-order valence-electron chi connectivity index (χ2n) is 6.81. The van der Waals surface area contributed by atoms with E-state index in [9.17, 15) is 21.6 Å². The third-order valence-corrected chi connectivity index (χ3v) is 9.96. The van der Waals surface area contributed by atoms with Crippen LogP contribution in [0.3, 0.4) is 0 Å². The van der Waals surface area contributed by atoms with E-state index >= 15 is 0 Å². The number of hydrogen-bond donors (Lipinski definition) is 1. The third kappa shape index (κ3) is 4.53. The number of thiophene rings is 1. The zero-order chi connectivity index (χ0) is 21.2. The normalized spacial score (nSPS) is 18.2. The largest absolute Gasteiger partial charge is 0.350 e. The molecule has 1 unspecified atom stereocenters. The number of sulfonamides is 2. The molecule has 2 heterocycles. The van der Waals surface area contributed by atoms with Crippen LogP contribution in [0.4, 0.5) is 0 Å². The van der Waals surface area contributed by atoms with Crippen LogP contribution in [0.2, 0.25) is 0 Å². The zero-order valence-corrected chi connectivity index (χ0v) is 18.6. The Morgan fingerprint density at radius 1 is 1.14 bits per heavy atom. The number of hydrogen-bond acceptors (Lipinski definition) is 6. The van der Waals surface area contributed by atoms with Gasteiger partial charge in [-0.2, -0.15) is 4.31 Å². The molecule has 11 heteroatoms. The molecule has 8 nitrogen and oxygen atoms in total. The van der Waals surface area contributed by atoms with Crippen molar-refractivity contribution in [3.63, 3.8) is 0 Å². The molecule has 29 heavy (non-hydrogen) atoms. The number of nitrogens with one attached hydrogen (secondary N) is 1. The maximum atomic E-state index is 12.9. The van der Waals surface area contributed by atoms with Gasteiger partial charge in [-0.05, 0) is 37.1 Å². The van der Waals surface area contributed by atoms with Crippen LogP contribution in [0.5, 0.6) is 0 Å². The van der Waals surface area contributed by atoms with Gasteiger partial charge in [0.25, 0.3) is 10.0 Å². The lowest BCUT2D eigenvalue weighted by molar-refractivity contribution is -0.124. The minimum Gasteiger partial charge on any atom is -0.350 e. The summed E-state index contributed by atoms with van der Waals surface area (Å²) in [7, 11) is -4.35. The van der Waals surface area contributed by atoms with Crippen LogP contribution in [-0.2, 0) is 31.4 Å². The van der Waals surface area contributed by atoms with Crippen molar-refractivity contribution in [3.8, 4) is 0 Å². The lowest BCUT2D eigenvalue weighted by atomic mass is 10.2. The molecule has 3 rings (SSSR count). The second kappa shape index (κ2) is 8.52. The van der Waals surface area contributed by atoms with Gasteiger partial charge in [0.15, 0.2) is 0 Å². The molecule has 1 amide bonds. The fraction of sp³-hybridized carbons (Fsp3) is 0.389. The van der Waals surface area contributed by atoms with Gasteiger partial charge in [-0.1, -0.05) is 18.2 Å². The molecule has 0 saturated carbocycles. The number of rotatable bonds is 7. The average Bonchev–Trinajstić information content (AvgIpc) is 3.37. The summed E-state index contributed by atoms with van der Waals surface area (Å²) in [5, 5.41) is 2.75. The van der Waals surface area contributed by atoms with E-state index in [1.165, 1.54) is 36.6 Å². The number of carbonyl (C=O) groups is 1. The highest BCUT2D eigenvalue weighted by Crippen LogP contribution is 2.27. The van der Waals surface area contributed by atoms with Crippen molar-refractivity contribution >= 4 is 37.3 Å². The molecule has 0 spiro atoms. The van der Waals surface area contributed by atoms with Gasteiger partial charge in [0, 0.05) is 25.5 Å². The predicted octanol–water partition coefficient (Wildman–Crippen LogP) is 1.47. The van der Waals surface area contributed by atoms with E-state index in [0.29, 0.717) is 24.3 Å². The van der Waals surface area contributed by atoms with Crippen molar-refractivity contribution in [2.75, 3.05) is 20.6 Å². The molecule has 158 valence electrons. The first-order chi connectivity index (χ1) is 13.6. The minimum atomic E-state index is -3.75. The lowest BCUT2D eigenvalue weighted by Gasteiger charge is -2.23. The molecule has 0 bridgehead atoms. The van der Waals surface area contributed by atoms with Crippen molar-refractivity contribution in [2.45, 2.75) is 34.5 Å².